The van der Waals surface area contributed by atoms with Crippen molar-refractivity contribution < 1.29 is 19.7 Å². The van der Waals surface area contributed by atoms with Crippen LogP contribution in [-0.4, -0.2) is 41.4 Å². The molecule has 0 aromatic rings. The molecule has 1 unspecified atom stereocenters. The van der Waals surface area contributed by atoms with Crippen LogP contribution in [0.5, 0.6) is 0 Å². The quantitative estimate of drug-likeness (QED) is 0.651. The van der Waals surface area contributed by atoms with E-state index in [4.69, 9.17) is 9.47 Å². The number of aliphatic hydroxyl groups excluding tert-OH is 2. The van der Waals surface area contributed by atoms with Gasteiger partial charge in [0.1, 0.15) is 0 Å². The summed E-state index contributed by atoms with van der Waals surface area (Å²) in [4.78, 5) is 0. The molecule has 0 radical (unpaired) electrons. The van der Waals surface area contributed by atoms with E-state index in [0.29, 0.717) is 23.7 Å². The minimum atomic E-state index is -0.446. The fourth-order valence-corrected chi connectivity index (χ4v) is 8.34. The first-order valence-electron chi connectivity index (χ1n) is 11.7. The number of fused-ring (bicyclic) bond motifs is 6. The summed E-state index contributed by atoms with van der Waals surface area (Å²) in [6, 6.07) is 0. The fraction of sp³-hybridized carbons (Fsp3) is 1.00. The number of rotatable bonds is 0. The average molecular weight is 393 g/mol. The van der Waals surface area contributed by atoms with E-state index in [9.17, 15) is 10.2 Å². The molecule has 1 saturated heterocycles. The molecule has 1 heterocycles. The van der Waals surface area contributed by atoms with Crippen LogP contribution in [0.1, 0.15) is 79.1 Å². The Morgan fingerprint density at radius 2 is 1.46 bits per heavy atom. The Morgan fingerprint density at radius 1 is 0.786 bits per heavy atom. The second kappa shape index (κ2) is 6.18. The van der Waals surface area contributed by atoms with Crippen molar-refractivity contribution in [3.63, 3.8) is 0 Å². The first-order chi connectivity index (χ1) is 13.1. The Morgan fingerprint density at radius 3 is 2.18 bits per heavy atom. The lowest BCUT2D eigenvalue weighted by Gasteiger charge is -2.63. The van der Waals surface area contributed by atoms with E-state index < -0.39 is 5.79 Å². The zero-order valence-corrected chi connectivity index (χ0v) is 18.2. The molecule has 4 saturated carbocycles. The van der Waals surface area contributed by atoms with Crippen molar-refractivity contribution in [3.05, 3.63) is 0 Å². The third-order valence-electron chi connectivity index (χ3n) is 10.1. The first-order valence-corrected chi connectivity index (χ1v) is 11.7. The van der Waals surface area contributed by atoms with Crippen LogP contribution in [-0.2, 0) is 9.47 Å². The van der Waals surface area contributed by atoms with Gasteiger partial charge in [-0.05, 0) is 74.0 Å². The molecular formula is C24H40O4. The van der Waals surface area contributed by atoms with Crippen LogP contribution < -0.4 is 0 Å². The second-order valence-corrected chi connectivity index (χ2v) is 12.2. The molecule has 0 amide bonds. The van der Waals surface area contributed by atoms with Gasteiger partial charge in [-0.15, -0.1) is 0 Å². The Kier molecular flexibility index (Phi) is 4.37. The predicted molar refractivity (Wildman–Crippen MR) is 108 cm³/mol. The normalized spacial score (nSPS) is 54.6. The van der Waals surface area contributed by atoms with Crippen LogP contribution in [0.3, 0.4) is 0 Å². The van der Waals surface area contributed by atoms with Crippen molar-refractivity contribution in [2.24, 2.45) is 39.9 Å². The van der Waals surface area contributed by atoms with Gasteiger partial charge in [0, 0.05) is 17.3 Å². The summed E-state index contributed by atoms with van der Waals surface area (Å²) in [5, 5.41) is 21.5. The van der Waals surface area contributed by atoms with Gasteiger partial charge in [-0.2, -0.15) is 0 Å². The Balaban J connectivity index is 1.44. The molecule has 0 aromatic heterocycles. The smallest absolute Gasteiger partial charge is 0.173 e. The SMILES string of the molecule is CC1(C)COC2(CC[C@H]3[C@@H]4[C@@H](O)CC5C[C@@H](O)CC[C@]5(C)[C@H]4CC[C@@]32C)OC1. The summed E-state index contributed by atoms with van der Waals surface area (Å²) in [7, 11) is 0. The summed E-state index contributed by atoms with van der Waals surface area (Å²) < 4.78 is 13.1. The van der Waals surface area contributed by atoms with Gasteiger partial charge in [-0.1, -0.05) is 27.7 Å². The molecule has 1 spiro atoms. The molecule has 4 nitrogen and oxygen atoms in total. The molecule has 160 valence electrons. The first kappa shape index (κ1) is 19.8. The maximum Gasteiger partial charge on any atom is 0.173 e. The molecule has 4 heteroatoms. The highest BCUT2D eigenvalue weighted by atomic mass is 16.7. The summed E-state index contributed by atoms with van der Waals surface area (Å²) in [6.45, 7) is 10.8. The van der Waals surface area contributed by atoms with Gasteiger partial charge < -0.3 is 19.7 Å². The van der Waals surface area contributed by atoms with Crippen molar-refractivity contribution >= 4 is 0 Å². The molecule has 8 atom stereocenters. The van der Waals surface area contributed by atoms with Crippen molar-refractivity contribution in [1.82, 2.24) is 0 Å². The van der Waals surface area contributed by atoms with Crippen LogP contribution >= 0.6 is 0 Å². The number of aliphatic hydroxyl groups is 2. The maximum atomic E-state index is 11.3. The van der Waals surface area contributed by atoms with Crippen molar-refractivity contribution in [3.8, 4) is 0 Å². The highest BCUT2D eigenvalue weighted by Gasteiger charge is 2.68. The standard InChI is InChI=1S/C24H40O4/c1-21(2)13-27-24(28-14-21)10-7-18-20-17(6-9-23(18,24)4)22(3)8-5-16(25)11-15(22)12-19(20)26/h15-20,25-26H,5-14H2,1-4H3/t15?,16-,17-,18-,19-,20+,22-,23-/m0/s1. The maximum absolute atomic E-state index is 11.3. The van der Waals surface area contributed by atoms with Crippen molar-refractivity contribution in [2.75, 3.05) is 13.2 Å². The zero-order chi connectivity index (χ0) is 19.9. The van der Waals surface area contributed by atoms with Gasteiger partial charge in [0.15, 0.2) is 5.79 Å². The van der Waals surface area contributed by atoms with E-state index in [2.05, 4.69) is 27.7 Å². The van der Waals surface area contributed by atoms with Gasteiger partial charge in [0.2, 0.25) is 0 Å². The Hall–Kier alpha value is -0.160. The van der Waals surface area contributed by atoms with Crippen LogP contribution in [0.25, 0.3) is 0 Å². The minimum Gasteiger partial charge on any atom is -0.393 e. The van der Waals surface area contributed by atoms with Gasteiger partial charge in [-0.3, -0.25) is 0 Å². The van der Waals surface area contributed by atoms with Crippen molar-refractivity contribution in [2.45, 2.75) is 97.1 Å². The number of hydrogen-bond donors (Lipinski definition) is 2. The lowest BCUT2D eigenvalue weighted by atomic mass is 9.44. The third kappa shape index (κ3) is 2.57. The Bertz CT molecular complexity index is 622. The predicted octanol–water partition coefficient (Wildman–Crippen LogP) is 4.13. The fourth-order valence-electron chi connectivity index (χ4n) is 8.34. The lowest BCUT2D eigenvalue weighted by molar-refractivity contribution is -0.349. The molecule has 28 heavy (non-hydrogen) atoms. The summed E-state index contributed by atoms with van der Waals surface area (Å²) >= 11 is 0. The topological polar surface area (TPSA) is 58.9 Å². The zero-order valence-electron chi connectivity index (χ0n) is 18.2. The van der Waals surface area contributed by atoms with E-state index in [1.54, 1.807) is 0 Å². The third-order valence-corrected chi connectivity index (χ3v) is 10.1. The molecule has 5 rings (SSSR count). The van der Waals surface area contributed by atoms with Gasteiger partial charge in [0.25, 0.3) is 0 Å². The summed E-state index contributed by atoms with van der Waals surface area (Å²) in [6.07, 6.45) is 7.75. The molecule has 2 N–H and O–H groups in total. The van der Waals surface area contributed by atoms with Gasteiger partial charge in [-0.25, -0.2) is 0 Å². The molecular weight excluding hydrogens is 352 g/mol. The summed E-state index contributed by atoms with van der Waals surface area (Å²) in [5.41, 5.74) is 0.365. The van der Waals surface area contributed by atoms with Crippen LogP contribution in [0.15, 0.2) is 0 Å². The average Bonchev–Trinajstić information content (AvgIpc) is 2.92. The molecule has 5 aliphatic rings. The highest BCUT2D eigenvalue weighted by molar-refractivity contribution is 5.14. The Labute approximate surface area is 170 Å². The van der Waals surface area contributed by atoms with E-state index >= 15 is 0 Å². The summed E-state index contributed by atoms with van der Waals surface area (Å²) in [5.74, 6) is 1.43. The van der Waals surface area contributed by atoms with E-state index in [1.165, 1.54) is 0 Å². The van der Waals surface area contributed by atoms with Crippen LogP contribution in [0.2, 0.25) is 0 Å². The van der Waals surface area contributed by atoms with Gasteiger partial charge in [0.05, 0.1) is 25.4 Å². The van der Waals surface area contributed by atoms with E-state index in [-0.39, 0.29) is 28.5 Å². The monoisotopic (exact) mass is 392 g/mol. The van der Waals surface area contributed by atoms with Gasteiger partial charge >= 0.3 is 0 Å². The van der Waals surface area contributed by atoms with Crippen molar-refractivity contribution in [1.29, 1.82) is 0 Å². The molecule has 0 aromatic carbocycles. The van der Waals surface area contributed by atoms with Crippen LogP contribution in [0.4, 0.5) is 0 Å². The largest absolute Gasteiger partial charge is 0.393 e. The lowest BCUT2D eigenvalue weighted by Crippen LogP contribution is -2.62. The number of ether oxygens (including phenoxy) is 2. The second-order valence-electron chi connectivity index (χ2n) is 12.2. The molecule has 4 aliphatic carbocycles. The van der Waals surface area contributed by atoms with E-state index in [0.717, 1.165) is 64.6 Å². The number of hydrogen-bond acceptors (Lipinski definition) is 4. The van der Waals surface area contributed by atoms with Crippen LogP contribution in [0, 0.1) is 39.9 Å². The molecule has 5 fully saturated rings. The molecule has 1 aliphatic heterocycles. The minimum absolute atomic E-state index is 0.00300. The highest BCUT2D eigenvalue weighted by Crippen LogP contribution is 2.69. The van der Waals surface area contributed by atoms with E-state index in [1.807, 2.05) is 0 Å². The molecule has 0 bridgehead atoms.